The van der Waals surface area contributed by atoms with Gasteiger partial charge in [0.2, 0.25) is 5.91 Å². The first-order chi connectivity index (χ1) is 14.6. The first-order valence-electron chi connectivity index (χ1n) is 10.4. The van der Waals surface area contributed by atoms with Crippen molar-refractivity contribution in [1.29, 1.82) is 0 Å². The first kappa shape index (κ1) is 20.4. The van der Waals surface area contributed by atoms with Crippen molar-refractivity contribution in [2.45, 2.75) is 37.6 Å². The molecule has 1 aliphatic carbocycles. The predicted octanol–water partition coefficient (Wildman–Crippen LogP) is 2.15. The van der Waals surface area contributed by atoms with Crippen molar-refractivity contribution in [2.75, 3.05) is 33.4 Å². The normalized spacial score (nSPS) is 23.0. The van der Waals surface area contributed by atoms with Crippen LogP contribution in [0.5, 0.6) is 5.75 Å². The number of para-hydroxylation sites is 1. The van der Waals surface area contributed by atoms with Gasteiger partial charge in [-0.2, -0.15) is 0 Å². The van der Waals surface area contributed by atoms with Crippen LogP contribution in [0.4, 0.5) is 4.79 Å². The van der Waals surface area contributed by atoms with E-state index in [0.717, 1.165) is 36.3 Å². The number of benzene rings is 1. The molecule has 2 heterocycles. The number of hydrogen-bond donors (Lipinski definition) is 1. The van der Waals surface area contributed by atoms with Crippen LogP contribution in [0.3, 0.4) is 0 Å². The molecule has 0 unspecified atom stereocenters. The molecule has 4 amide bonds. The van der Waals surface area contributed by atoms with E-state index in [0.29, 0.717) is 37.5 Å². The number of allylic oxidation sites excluding steroid dienone is 2. The van der Waals surface area contributed by atoms with Crippen molar-refractivity contribution >= 4 is 17.8 Å². The highest BCUT2D eigenvalue weighted by atomic mass is 16.5. The topological polar surface area (TPSA) is 88.2 Å². The van der Waals surface area contributed by atoms with Gasteiger partial charge in [-0.05, 0) is 31.7 Å². The molecule has 1 N–H and O–H groups in total. The van der Waals surface area contributed by atoms with E-state index in [2.05, 4.69) is 11.4 Å². The predicted molar refractivity (Wildman–Crippen MR) is 109 cm³/mol. The Morgan fingerprint density at radius 1 is 1.30 bits per heavy atom. The van der Waals surface area contributed by atoms with Crippen molar-refractivity contribution in [3.63, 3.8) is 0 Å². The summed E-state index contributed by atoms with van der Waals surface area (Å²) in [7, 11) is 1.59. The van der Waals surface area contributed by atoms with Crippen molar-refractivity contribution in [2.24, 2.45) is 0 Å². The average Bonchev–Trinajstić information content (AvgIpc) is 3.00. The SMILES string of the molecule is COCCN(C(=O)CN1C(=O)N[C@]2(CCOc3ccccc32)C1=O)C1=CCCCC1. The lowest BCUT2D eigenvalue weighted by molar-refractivity contribution is -0.139. The van der Waals surface area contributed by atoms with Gasteiger partial charge in [0.15, 0.2) is 5.54 Å². The fourth-order valence-corrected chi connectivity index (χ4v) is 4.41. The zero-order valence-electron chi connectivity index (χ0n) is 17.2. The molecule has 1 saturated heterocycles. The fourth-order valence-electron chi connectivity index (χ4n) is 4.41. The molecular weight excluding hydrogens is 386 g/mol. The molecule has 3 aliphatic rings. The second kappa shape index (κ2) is 8.47. The van der Waals surface area contributed by atoms with Crippen molar-refractivity contribution in [1.82, 2.24) is 15.1 Å². The molecule has 8 heteroatoms. The van der Waals surface area contributed by atoms with Crippen LogP contribution in [-0.2, 0) is 19.9 Å². The molecule has 1 spiro atoms. The van der Waals surface area contributed by atoms with Crippen LogP contribution in [0.25, 0.3) is 0 Å². The number of urea groups is 1. The van der Waals surface area contributed by atoms with Gasteiger partial charge in [-0.15, -0.1) is 0 Å². The van der Waals surface area contributed by atoms with E-state index in [1.807, 2.05) is 12.1 Å². The molecule has 0 aromatic heterocycles. The summed E-state index contributed by atoms with van der Waals surface area (Å²) in [6.07, 6.45) is 6.26. The molecule has 1 fully saturated rings. The molecule has 1 aromatic carbocycles. The molecule has 4 rings (SSSR count). The Kier molecular flexibility index (Phi) is 5.76. The number of hydrogen-bond acceptors (Lipinski definition) is 5. The lowest BCUT2D eigenvalue weighted by Gasteiger charge is -2.33. The second-order valence-corrected chi connectivity index (χ2v) is 7.80. The number of imide groups is 1. The molecule has 160 valence electrons. The summed E-state index contributed by atoms with van der Waals surface area (Å²) in [6.45, 7) is 0.804. The van der Waals surface area contributed by atoms with Crippen molar-refractivity contribution in [3.8, 4) is 5.75 Å². The standard InChI is InChI=1S/C22H27N3O5/c1-29-14-12-24(16-7-3-2-4-8-16)19(26)15-25-20(27)22(23-21(25)28)11-13-30-18-10-6-5-9-17(18)22/h5-7,9-10H,2-4,8,11-15H2,1H3,(H,23,28)/t22-/m0/s1. The summed E-state index contributed by atoms with van der Waals surface area (Å²) in [6, 6.07) is 6.66. The highest BCUT2D eigenvalue weighted by Gasteiger charge is 2.55. The van der Waals surface area contributed by atoms with Gasteiger partial charge < -0.3 is 19.7 Å². The Morgan fingerprint density at radius 2 is 2.13 bits per heavy atom. The van der Waals surface area contributed by atoms with Crippen LogP contribution in [0, 0.1) is 0 Å². The smallest absolute Gasteiger partial charge is 0.325 e. The van der Waals surface area contributed by atoms with Crippen LogP contribution in [0.1, 0.15) is 37.7 Å². The minimum Gasteiger partial charge on any atom is -0.493 e. The van der Waals surface area contributed by atoms with Gasteiger partial charge in [0, 0.05) is 31.3 Å². The summed E-state index contributed by atoms with van der Waals surface area (Å²) >= 11 is 0. The Balaban J connectivity index is 1.56. The number of fused-ring (bicyclic) bond motifs is 2. The van der Waals surface area contributed by atoms with Crippen LogP contribution in [0.2, 0.25) is 0 Å². The Bertz CT molecular complexity index is 883. The van der Waals surface area contributed by atoms with Gasteiger partial charge in [0.25, 0.3) is 5.91 Å². The maximum absolute atomic E-state index is 13.4. The number of methoxy groups -OCH3 is 1. The van der Waals surface area contributed by atoms with Gasteiger partial charge >= 0.3 is 6.03 Å². The summed E-state index contributed by atoms with van der Waals surface area (Å²) in [4.78, 5) is 42.0. The van der Waals surface area contributed by atoms with Gasteiger partial charge in [-0.3, -0.25) is 14.5 Å². The number of rotatable bonds is 6. The van der Waals surface area contributed by atoms with Crippen LogP contribution >= 0.6 is 0 Å². The number of nitrogens with zero attached hydrogens (tertiary/aromatic N) is 2. The highest BCUT2D eigenvalue weighted by Crippen LogP contribution is 2.41. The summed E-state index contributed by atoms with van der Waals surface area (Å²) in [5, 5.41) is 2.84. The van der Waals surface area contributed by atoms with Crippen molar-refractivity contribution < 1.29 is 23.9 Å². The summed E-state index contributed by atoms with van der Waals surface area (Å²) in [5.74, 6) is -0.0957. The molecule has 0 radical (unpaired) electrons. The summed E-state index contributed by atoms with van der Waals surface area (Å²) < 4.78 is 10.8. The molecule has 2 aliphatic heterocycles. The van der Waals surface area contributed by atoms with E-state index in [1.165, 1.54) is 0 Å². The van der Waals surface area contributed by atoms with Crippen molar-refractivity contribution in [3.05, 3.63) is 41.6 Å². The van der Waals surface area contributed by atoms with Crippen LogP contribution < -0.4 is 10.1 Å². The van der Waals surface area contributed by atoms with Gasteiger partial charge in [-0.1, -0.05) is 24.3 Å². The molecule has 8 nitrogen and oxygen atoms in total. The lowest BCUT2D eigenvalue weighted by Crippen LogP contribution is -2.48. The quantitative estimate of drug-likeness (QED) is 0.722. The maximum Gasteiger partial charge on any atom is 0.325 e. The Hall–Kier alpha value is -2.87. The third-order valence-corrected chi connectivity index (χ3v) is 5.98. The molecule has 0 bridgehead atoms. The number of nitrogens with one attached hydrogen (secondary N) is 1. The first-order valence-corrected chi connectivity index (χ1v) is 10.4. The number of amides is 4. The Morgan fingerprint density at radius 3 is 2.90 bits per heavy atom. The zero-order valence-corrected chi connectivity index (χ0v) is 17.2. The van der Waals surface area contributed by atoms with Crippen LogP contribution in [0.15, 0.2) is 36.0 Å². The third kappa shape index (κ3) is 3.56. The number of carbonyl (C=O) groups is 3. The number of carbonyl (C=O) groups excluding carboxylic acids is 3. The second-order valence-electron chi connectivity index (χ2n) is 7.80. The van der Waals surface area contributed by atoms with Gasteiger partial charge in [0.1, 0.15) is 12.3 Å². The van der Waals surface area contributed by atoms with E-state index in [9.17, 15) is 14.4 Å². The van der Waals surface area contributed by atoms with Gasteiger partial charge in [-0.25, -0.2) is 4.79 Å². The van der Waals surface area contributed by atoms with E-state index in [4.69, 9.17) is 9.47 Å². The zero-order chi connectivity index (χ0) is 21.1. The molecule has 30 heavy (non-hydrogen) atoms. The van der Waals surface area contributed by atoms with E-state index >= 15 is 0 Å². The third-order valence-electron chi connectivity index (χ3n) is 5.98. The average molecular weight is 413 g/mol. The molecule has 1 atom stereocenters. The monoisotopic (exact) mass is 413 g/mol. The molecular formula is C22H27N3O5. The van der Waals surface area contributed by atoms with Gasteiger partial charge in [0.05, 0.1) is 13.2 Å². The maximum atomic E-state index is 13.4. The van der Waals surface area contributed by atoms with E-state index in [1.54, 1.807) is 24.1 Å². The minimum absolute atomic E-state index is 0.277. The molecule has 0 saturated carbocycles. The Labute approximate surface area is 175 Å². The van der Waals surface area contributed by atoms with E-state index in [-0.39, 0.29) is 12.5 Å². The largest absolute Gasteiger partial charge is 0.493 e. The number of ether oxygens (including phenoxy) is 2. The van der Waals surface area contributed by atoms with E-state index < -0.39 is 17.5 Å². The lowest BCUT2D eigenvalue weighted by atomic mass is 9.84. The van der Waals surface area contributed by atoms with Crippen LogP contribution in [-0.4, -0.2) is 61.1 Å². The highest BCUT2D eigenvalue weighted by molar-refractivity contribution is 6.09. The minimum atomic E-state index is -1.17. The summed E-state index contributed by atoms with van der Waals surface area (Å²) in [5.41, 5.74) is 0.408. The molecule has 1 aromatic rings. The fraction of sp³-hybridized carbons (Fsp3) is 0.500.